The van der Waals surface area contributed by atoms with Gasteiger partial charge < -0.3 is 19.0 Å². The second-order valence-electron chi connectivity index (χ2n) is 3.53. The molecule has 0 saturated heterocycles. The summed E-state index contributed by atoms with van der Waals surface area (Å²) in [6, 6.07) is 3.35. The van der Waals surface area contributed by atoms with Gasteiger partial charge in [0.2, 0.25) is 0 Å². The van der Waals surface area contributed by atoms with Gasteiger partial charge in [-0.2, -0.15) is 0 Å². The van der Waals surface area contributed by atoms with E-state index in [2.05, 4.69) is 0 Å². The molecule has 1 aromatic heterocycles. The van der Waals surface area contributed by atoms with Crippen LogP contribution >= 0.6 is 0 Å². The normalized spacial score (nSPS) is 13.2. The molecule has 5 nitrogen and oxygen atoms in total. The summed E-state index contributed by atoms with van der Waals surface area (Å²) in [4.78, 5) is 11.3. The van der Waals surface area contributed by atoms with Gasteiger partial charge in [0.1, 0.15) is 17.6 Å². The smallest absolute Gasteiger partial charge is 0.334 e. The summed E-state index contributed by atoms with van der Waals surface area (Å²) in [6.45, 7) is 4.24. The Kier molecular flexibility index (Phi) is 6.00. The molecule has 1 rings (SSSR count). The second kappa shape index (κ2) is 7.55. The average molecular weight is 254 g/mol. The fourth-order valence-corrected chi connectivity index (χ4v) is 1.43. The Morgan fingerprint density at radius 1 is 1.44 bits per heavy atom. The third-order valence-corrected chi connectivity index (χ3v) is 2.16. The van der Waals surface area contributed by atoms with E-state index in [1.54, 1.807) is 26.0 Å². The summed E-state index contributed by atoms with van der Waals surface area (Å²) in [5, 5.41) is 9.88. The molecule has 1 atom stereocenters. The van der Waals surface area contributed by atoms with Gasteiger partial charge in [-0.05, 0) is 26.0 Å². The number of carbonyl (C=O) groups excluding carboxylic acids is 1. The van der Waals surface area contributed by atoms with Gasteiger partial charge in [0.25, 0.3) is 0 Å². The number of rotatable bonds is 7. The van der Waals surface area contributed by atoms with Crippen LogP contribution in [0.3, 0.4) is 0 Å². The van der Waals surface area contributed by atoms with Crippen LogP contribution in [0.4, 0.5) is 0 Å². The van der Waals surface area contributed by atoms with Gasteiger partial charge in [-0.3, -0.25) is 0 Å². The van der Waals surface area contributed by atoms with Crippen LogP contribution in [0.2, 0.25) is 0 Å². The zero-order chi connectivity index (χ0) is 13.4. The van der Waals surface area contributed by atoms with Crippen LogP contribution in [0.15, 0.2) is 34.6 Å². The number of carbonyl (C=O) groups is 1. The third-order valence-electron chi connectivity index (χ3n) is 2.16. The van der Waals surface area contributed by atoms with E-state index in [1.165, 1.54) is 12.3 Å². The lowest BCUT2D eigenvalue weighted by atomic mass is 10.1. The van der Waals surface area contributed by atoms with Crippen molar-refractivity contribution in [3.8, 4) is 0 Å². The number of hydrogen-bond acceptors (Lipinski definition) is 5. The predicted molar refractivity (Wildman–Crippen MR) is 64.6 cm³/mol. The van der Waals surface area contributed by atoms with E-state index in [0.29, 0.717) is 24.7 Å². The molecule has 18 heavy (non-hydrogen) atoms. The molecule has 0 aromatic carbocycles. The molecule has 5 heteroatoms. The minimum atomic E-state index is -0.841. The maximum Gasteiger partial charge on any atom is 0.334 e. The molecule has 0 aliphatic rings. The van der Waals surface area contributed by atoms with Crippen molar-refractivity contribution in [2.45, 2.75) is 26.4 Å². The van der Waals surface area contributed by atoms with Crippen molar-refractivity contribution in [1.29, 1.82) is 0 Å². The molecule has 1 N–H and O–H groups in total. The number of hydrogen-bond donors (Lipinski definition) is 1. The molecule has 0 spiro atoms. The van der Waals surface area contributed by atoms with Crippen molar-refractivity contribution >= 4 is 5.97 Å². The van der Waals surface area contributed by atoms with E-state index < -0.39 is 12.1 Å². The van der Waals surface area contributed by atoms with Crippen LogP contribution in [-0.2, 0) is 14.3 Å². The first-order valence-electron chi connectivity index (χ1n) is 5.89. The number of aliphatic hydroxyl groups excluding tert-OH is 1. The predicted octanol–water partition coefficient (Wildman–Crippen LogP) is 2.19. The first kappa shape index (κ1) is 14.3. The number of esters is 1. The second-order valence-corrected chi connectivity index (χ2v) is 3.53. The van der Waals surface area contributed by atoms with Crippen LogP contribution in [0.25, 0.3) is 0 Å². The van der Waals surface area contributed by atoms with Crippen molar-refractivity contribution in [3.63, 3.8) is 0 Å². The third kappa shape index (κ3) is 4.63. The fraction of sp³-hybridized carbons (Fsp3) is 0.462. The van der Waals surface area contributed by atoms with E-state index in [4.69, 9.17) is 13.9 Å². The van der Waals surface area contributed by atoms with E-state index in [-0.39, 0.29) is 6.42 Å². The highest BCUT2D eigenvalue weighted by molar-refractivity contribution is 5.82. The van der Waals surface area contributed by atoms with Crippen LogP contribution < -0.4 is 0 Å². The topological polar surface area (TPSA) is 68.9 Å². The SMILES string of the molecule is CCOC(=O)/C=C(\C[C@@H](O)c1ccco1)OCC. The number of aliphatic hydroxyl groups is 1. The van der Waals surface area contributed by atoms with E-state index >= 15 is 0 Å². The van der Waals surface area contributed by atoms with Gasteiger partial charge in [-0.15, -0.1) is 0 Å². The molecule has 0 aliphatic carbocycles. The maximum absolute atomic E-state index is 11.3. The Morgan fingerprint density at radius 3 is 2.72 bits per heavy atom. The number of furan rings is 1. The van der Waals surface area contributed by atoms with Crippen molar-refractivity contribution in [2.75, 3.05) is 13.2 Å². The molecule has 0 radical (unpaired) electrons. The highest BCUT2D eigenvalue weighted by Gasteiger charge is 2.15. The monoisotopic (exact) mass is 254 g/mol. The molecule has 0 bridgehead atoms. The van der Waals surface area contributed by atoms with E-state index in [0.717, 1.165) is 0 Å². The van der Waals surface area contributed by atoms with Gasteiger partial charge in [-0.25, -0.2) is 4.79 Å². The quantitative estimate of drug-likeness (QED) is 0.459. The van der Waals surface area contributed by atoms with Gasteiger partial charge in [-0.1, -0.05) is 0 Å². The first-order chi connectivity index (χ1) is 8.67. The van der Waals surface area contributed by atoms with E-state index in [1.807, 2.05) is 0 Å². The fourth-order valence-electron chi connectivity index (χ4n) is 1.43. The van der Waals surface area contributed by atoms with Crippen LogP contribution in [-0.4, -0.2) is 24.3 Å². The first-order valence-corrected chi connectivity index (χ1v) is 5.89. The molecule has 0 saturated carbocycles. The molecule has 1 aromatic rings. The van der Waals surface area contributed by atoms with E-state index in [9.17, 15) is 9.90 Å². The summed E-state index contributed by atoms with van der Waals surface area (Å²) < 4.78 is 15.2. The van der Waals surface area contributed by atoms with Gasteiger partial charge in [0.05, 0.1) is 25.6 Å². The molecular formula is C13H18O5. The Bertz CT molecular complexity index is 380. The Balaban J connectivity index is 2.65. The minimum absolute atomic E-state index is 0.167. The molecule has 0 aliphatic heterocycles. The molecular weight excluding hydrogens is 236 g/mol. The van der Waals surface area contributed by atoms with Crippen LogP contribution in [0, 0.1) is 0 Å². The molecule has 1 heterocycles. The zero-order valence-electron chi connectivity index (χ0n) is 10.6. The maximum atomic E-state index is 11.3. The molecule has 0 fully saturated rings. The van der Waals surface area contributed by atoms with Crippen molar-refractivity contribution in [1.82, 2.24) is 0 Å². The zero-order valence-corrected chi connectivity index (χ0v) is 10.6. The molecule has 0 unspecified atom stereocenters. The standard InChI is InChI=1S/C13H18O5/c1-3-16-10(9-13(15)17-4-2)8-11(14)12-6-5-7-18-12/h5-7,9,11,14H,3-4,8H2,1-2H3/b10-9+/t11-/m1/s1. The lowest BCUT2D eigenvalue weighted by Gasteiger charge is -2.12. The summed E-state index contributed by atoms with van der Waals surface area (Å²) in [5.41, 5.74) is 0. The minimum Gasteiger partial charge on any atom is -0.498 e. The van der Waals surface area contributed by atoms with Gasteiger partial charge >= 0.3 is 5.97 Å². The highest BCUT2D eigenvalue weighted by Crippen LogP contribution is 2.21. The largest absolute Gasteiger partial charge is 0.498 e. The van der Waals surface area contributed by atoms with Gasteiger partial charge in [0.15, 0.2) is 0 Å². The summed E-state index contributed by atoms with van der Waals surface area (Å²) in [7, 11) is 0. The Hall–Kier alpha value is -1.75. The molecule has 0 amide bonds. The lowest BCUT2D eigenvalue weighted by molar-refractivity contribution is -0.137. The summed E-state index contributed by atoms with van der Waals surface area (Å²) in [6.07, 6.45) is 2.06. The van der Waals surface area contributed by atoms with Crippen molar-refractivity contribution in [3.05, 3.63) is 36.0 Å². The lowest BCUT2D eigenvalue weighted by Crippen LogP contribution is -2.06. The van der Waals surface area contributed by atoms with Crippen molar-refractivity contribution < 1.29 is 23.8 Å². The Morgan fingerprint density at radius 2 is 2.17 bits per heavy atom. The molecule has 100 valence electrons. The summed E-state index contributed by atoms with van der Waals surface area (Å²) in [5.74, 6) is 0.330. The average Bonchev–Trinajstić information content (AvgIpc) is 2.82. The Labute approximate surface area is 106 Å². The van der Waals surface area contributed by atoms with Crippen LogP contribution in [0.5, 0.6) is 0 Å². The van der Waals surface area contributed by atoms with Crippen molar-refractivity contribution in [2.24, 2.45) is 0 Å². The summed E-state index contributed by atoms with van der Waals surface area (Å²) >= 11 is 0. The number of ether oxygens (including phenoxy) is 2. The highest BCUT2D eigenvalue weighted by atomic mass is 16.5. The van der Waals surface area contributed by atoms with Gasteiger partial charge in [0, 0.05) is 6.42 Å². The van der Waals surface area contributed by atoms with Crippen LogP contribution in [0.1, 0.15) is 32.1 Å².